The zero-order chi connectivity index (χ0) is 15.4. The second-order valence-corrected chi connectivity index (χ2v) is 4.47. The van der Waals surface area contributed by atoms with E-state index in [1.54, 1.807) is 26.2 Å². The molecule has 0 aliphatic carbocycles. The molecule has 2 rings (SSSR count). The zero-order valence-electron chi connectivity index (χ0n) is 12.1. The summed E-state index contributed by atoms with van der Waals surface area (Å²) in [5, 5.41) is 16.1. The molecule has 2 aromatic heterocycles. The molecule has 0 fully saturated rings. The van der Waals surface area contributed by atoms with Crippen molar-refractivity contribution in [1.29, 1.82) is 0 Å². The normalized spacial score (nSPS) is 12.0. The predicted octanol–water partition coefficient (Wildman–Crippen LogP) is 1.16. The Morgan fingerprint density at radius 1 is 1.52 bits per heavy atom. The number of nitrogens with one attached hydrogen (secondary N) is 1. The van der Waals surface area contributed by atoms with Crippen molar-refractivity contribution in [2.45, 2.75) is 19.9 Å². The summed E-state index contributed by atoms with van der Waals surface area (Å²) in [6.07, 6.45) is 3.12. The van der Waals surface area contributed by atoms with Gasteiger partial charge in [-0.3, -0.25) is 4.68 Å². The maximum atomic E-state index is 11.4. The number of hydrogen-bond acceptors (Lipinski definition) is 6. The number of carboxylic acids is 1. The van der Waals surface area contributed by atoms with E-state index in [4.69, 9.17) is 4.74 Å². The summed E-state index contributed by atoms with van der Waals surface area (Å²) < 4.78 is 6.86. The molecule has 0 spiro atoms. The first kappa shape index (κ1) is 14.8. The van der Waals surface area contributed by atoms with Crippen molar-refractivity contribution in [2.24, 2.45) is 7.05 Å². The van der Waals surface area contributed by atoms with E-state index in [-0.39, 0.29) is 5.95 Å². The van der Waals surface area contributed by atoms with Crippen LogP contribution in [0.4, 0.5) is 5.95 Å². The molecule has 0 aliphatic heterocycles. The Balaban J connectivity index is 2.27. The van der Waals surface area contributed by atoms with Crippen LogP contribution in [0.3, 0.4) is 0 Å². The standard InChI is InChI=1S/C13H17N5O3/c1-4-21-10-5-8(2)15-13(16-10)17-11(12(19)20)9-6-14-18(3)7-9/h5-7,11H,4H2,1-3H3,(H,19,20)(H,15,16,17). The van der Waals surface area contributed by atoms with E-state index in [1.165, 1.54) is 10.9 Å². The molecule has 0 bridgehead atoms. The summed E-state index contributed by atoms with van der Waals surface area (Å²) in [5.74, 6) is -0.427. The third kappa shape index (κ3) is 3.68. The third-order valence-corrected chi connectivity index (χ3v) is 2.70. The number of ether oxygens (including phenoxy) is 1. The van der Waals surface area contributed by atoms with Crippen molar-refractivity contribution < 1.29 is 14.6 Å². The van der Waals surface area contributed by atoms with Gasteiger partial charge in [-0.25, -0.2) is 9.78 Å². The average Bonchev–Trinajstić information content (AvgIpc) is 2.82. The molecule has 0 saturated heterocycles. The number of hydrogen-bond donors (Lipinski definition) is 2. The van der Waals surface area contributed by atoms with Crippen LogP contribution < -0.4 is 10.1 Å². The predicted molar refractivity (Wildman–Crippen MR) is 75.1 cm³/mol. The molecule has 2 aromatic rings. The van der Waals surface area contributed by atoms with Crippen molar-refractivity contribution in [3.05, 3.63) is 29.7 Å². The minimum Gasteiger partial charge on any atom is -0.479 e. The monoisotopic (exact) mass is 291 g/mol. The van der Waals surface area contributed by atoms with Gasteiger partial charge in [-0.15, -0.1) is 0 Å². The van der Waals surface area contributed by atoms with Crippen LogP contribution in [-0.4, -0.2) is 37.4 Å². The highest BCUT2D eigenvalue weighted by atomic mass is 16.5. The van der Waals surface area contributed by atoms with E-state index >= 15 is 0 Å². The number of carboxylic acid groups (broad SMARTS) is 1. The maximum Gasteiger partial charge on any atom is 0.331 e. The molecule has 0 saturated carbocycles. The van der Waals surface area contributed by atoms with Gasteiger partial charge in [0.25, 0.3) is 0 Å². The summed E-state index contributed by atoms with van der Waals surface area (Å²) in [6.45, 7) is 4.11. The molecular weight excluding hydrogens is 274 g/mol. The van der Waals surface area contributed by atoms with Crippen molar-refractivity contribution in [3.63, 3.8) is 0 Å². The second-order valence-electron chi connectivity index (χ2n) is 4.47. The Kier molecular flexibility index (Phi) is 4.36. The van der Waals surface area contributed by atoms with E-state index in [0.717, 1.165) is 0 Å². The first-order chi connectivity index (χ1) is 9.99. The van der Waals surface area contributed by atoms with E-state index in [9.17, 15) is 9.90 Å². The van der Waals surface area contributed by atoms with Gasteiger partial charge in [0.1, 0.15) is 0 Å². The molecule has 2 heterocycles. The van der Waals surface area contributed by atoms with Gasteiger partial charge in [0.2, 0.25) is 11.8 Å². The van der Waals surface area contributed by atoms with E-state index in [2.05, 4.69) is 20.4 Å². The number of aryl methyl sites for hydroxylation is 2. The zero-order valence-corrected chi connectivity index (χ0v) is 12.1. The van der Waals surface area contributed by atoms with Gasteiger partial charge in [0.15, 0.2) is 6.04 Å². The molecule has 0 amide bonds. The van der Waals surface area contributed by atoms with Crippen LogP contribution in [-0.2, 0) is 11.8 Å². The minimum absolute atomic E-state index is 0.203. The van der Waals surface area contributed by atoms with Crippen molar-refractivity contribution in [1.82, 2.24) is 19.7 Å². The quantitative estimate of drug-likeness (QED) is 0.823. The van der Waals surface area contributed by atoms with E-state index < -0.39 is 12.0 Å². The van der Waals surface area contributed by atoms with Crippen LogP contribution in [0.15, 0.2) is 18.5 Å². The lowest BCUT2D eigenvalue weighted by molar-refractivity contribution is -0.138. The van der Waals surface area contributed by atoms with Gasteiger partial charge in [0, 0.05) is 30.6 Å². The molecule has 0 radical (unpaired) electrons. The lowest BCUT2D eigenvalue weighted by atomic mass is 10.1. The Labute approximate surface area is 121 Å². The Morgan fingerprint density at radius 3 is 2.86 bits per heavy atom. The third-order valence-electron chi connectivity index (χ3n) is 2.70. The van der Waals surface area contributed by atoms with Crippen LogP contribution in [0.1, 0.15) is 24.2 Å². The Hall–Kier alpha value is -2.64. The van der Waals surface area contributed by atoms with Gasteiger partial charge in [0.05, 0.1) is 12.8 Å². The fourth-order valence-corrected chi connectivity index (χ4v) is 1.83. The second kappa shape index (κ2) is 6.21. The fraction of sp³-hybridized carbons (Fsp3) is 0.385. The summed E-state index contributed by atoms with van der Waals surface area (Å²) in [4.78, 5) is 19.7. The van der Waals surface area contributed by atoms with Crippen molar-refractivity contribution in [3.8, 4) is 5.88 Å². The maximum absolute atomic E-state index is 11.4. The molecule has 1 unspecified atom stereocenters. The minimum atomic E-state index is -1.04. The van der Waals surface area contributed by atoms with Crippen LogP contribution >= 0.6 is 0 Å². The van der Waals surface area contributed by atoms with Crippen LogP contribution in [0.2, 0.25) is 0 Å². The lowest BCUT2D eigenvalue weighted by Crippen LogP contribution is -2.21. The van der Waals surface area contributed by atoms with Crippen LogP contribution in [0.5, 0.6) is 5.88 Å². The summed E-state index contributed by atoms with van der Waals surface area (Å²) in [7, 11) is 1.72. The topological polar surface area (TPSA) is 102 Å². The summed E-state index contributed by atoms with van der Waals surface area (Å²) >= 11 is 0. The van der Waals surface area contributed by atoms with E-state index in [0.29, 0.717) is 23.7 Å². The molecule has 0 aliphatic rings. The number of aromatic nitrogens is 4. The van der Waals surface area contributed by atoms with Crippen LogP contribution in [0, 0.1) is 6.92 Å². The van der Waals surface area contributed by atoms with Gasteiger partial charge in [-0.1, -0.05) is 0 Å². The smallest absolute Gasteiger partial charge is 0.331 e. The molecule has 2 N–H and O–H groups in total. The summed E-state index contributed by atoms with van der Waals surface area (Å²) in [6, 6.07) is 0.712. The Morgan fingerprint density at radius 2 is 2.29 bits per heavy atom. The first-order valence-electron chi connectivity index (χ1n) is 6.46. The van der Waals surface area contributed by atoms with Gasteiger partial charge < -0.3 is 15.2 Å². The lowest BCUT2D eigenvalue weighted by Gasteiger charge is -2.14. The number of nitrogens with zero attached hydrogens (tertiary/aromatic N) is 4. The highest BCUT2D eigenvalue weighted by Gasteiger charge is 2.22. The fourth-order valence-electron chi connectivity index (χ4n) is 1.83. The van der Waals surface area contributed by atoms with Gasteiger partial charge in [-0.2, -0.15) is 10.1 Å². The molecule has 8 nitrogen and oxygen atoms in total. The Bertz CT molecular complexity index is 640. The molecule has 0 aromatic carbocycles. The van der Waals surface area contributed by atoms with Crippen LogP contribution in [0.25, 0.3) is 0 Å². The van der Waals surface area contributed by atoms with Gasteiger partial charge in [-0.05, 0) is 13.8 Å². The number of carbonyl (C=O) groups is 1. The molecule has 112 valence electrons. The van der Waals surface area contributed by atoms with Gasteiger partial charge >= 0.3 is 5.97 Å². The first-order valence-corrected chi connectivity index (χ1v) is 6.46. The number of aliphatic carboxylic acids is 1. The van der Waals surface area contributed by atoms with Crippen molar-refractivity contribution >= 4 is 11.9 Å². The SMILES string of the molecule is CCOc1cc(C)nc(NC(C(=O)O)c2cnn(C)c2)n1. The molecular formula is C13H17N5O3. The molecule has 1 atom stereocenters. The molecule has 21 heavy (non-hydrogen) atoms. The van der Waals surface area contributed by atoms with Crippen molar-refractivity contribution in [2.75, 3.05) is 11.9 Å². The highest BCUT2D eigenvalue weighted by molar-refractivity contribution is 5.78. The molecule has 8 heteroatoms. The number of anilines is 1. The van der Waals surface area contributed by atoms with E-state index in [1.807, 2.05) is 6.92 Å². The largest absolute Gasteiger partial charge is 0.479 e. The highest BCUT2D eigenvalue weighted by Crippen LogP contribution is 2.19. The average molecular weight is 291 g/mol. The summed E-state index contributed by atoms with van der Waals surface area (Å²) in [5.41, 5.74) is 1.21. The number of rotatable bonds is 6.